The quantitative estimate of drug-likeness (QED) is 0.492. The van der Waals surface area contributed by atoms with Gasteiger partial charge in [-0.25, -0.2) is 15.8 Å². The number of hydrogen-bond acceptors (Lipinski definition) is 6. The number of anilines is 2. The molecule has 1 atom stereocenters. The van der Waals surface area contributed by atoms with E-state index in [9.17, 15) is 0 Å². The molecule has 0 aliphatic rings. The lowest BCUT2D eigenvalue weighted by Crippen LogP contribution is -2.26. The molecule has 0 amide bonds. The molecule has 19 heavy (non-hydrogen) atoms. The molecule has 0 saturated heterocycles. The summed E-state index contributed by atoms with van der Waals surface area (Å²) in [6, 6.07) is 0.235. The molecule has 0 aromatic carbocycles. The van der Waals surface area contributed by atoms with Gasteiger partial charge in [0.25, 0.3) is 0 Å². The molecular weight excluding hydrogens is 242 g/mol. The van der Waals surface area contributed by atoms with E-state index >= 15 is 0 Å². The number of aromatic nitrogens is 2. The molecule has 0 spiro atoms. The van der Waals surface area contributed by atoms with Crippen molar-refractivity contribution < 1.29 is 4.74 Å². The standard InChI is InChI=1S/C13H25N5O/c1-5-7-11-16-12(9(3)13(17-11)18-14)15-10(6-2)8-19-4/h10H,5-8,14H2,1-4H3,(H2,15,16,17,18). The molecule has 1 heterocycles. The van der Waals surface area contributed by atoms with E-state index in [4.69, 9.17) is 10.6 Å². The van der Waals surface area contributed by atoms with Crippen LogP contribution >= 0.6 is 0 Å². The van der Waals surface area contributed by atoms with Crippen LogP contribution in [0.4, 0.5) is 11.6 Å². The number of aryl methyl sites for hydroxylation is 1. The summed E-state index contributed by atoms with van der Waals surface area (Å²) in [6.45, 7) is 6.81. The van der Waals surface area contributed by atoms with Crippen LogP contribution in [0.25, 0.3) is 0 Å². The van der Waals surface area contributed by atoms with Gasteiger partial charge in [-0.2, -0.15) is 0 Å². The second kappa shape index (κ2) is 7.91. The van der Waals surface area contributed by atoms with E-state index in [0.29, 0.717) is 12.4 Å². The van der Waals surface area contributed by atoms with Gasteiger partial charge in [-0.1, -0.05) is 13.8 Å². The summed E-state index contributed by atoms with van der Waals surface area (Å²) in [7, 11) is 1.70. The van der Waals surface area contributed by atoms with E-state index in [2.05, 4.69) is 34.6 Å². The molecule has 6 nitrogen and oxygen atoms in total. The fourth-order valence-electron chi connectivity index (χ4n) is 1.84. The zero-order chi connectivity index (χ0) is 14.3. The van der Waals surface area contributed by atoms with Gasteiger partial charge in [0, 0.05) is 19.1 Å². The van der Waals surface area contributed by atoms with Gasteiger partial charge in [0.2, 0.25) is 0 Å². The second-order valence-electron chi connectivity index (χ2n) is 4.56. The van der Waals surface area contributed by atoms with Gasteiger partial charge in [0.1, 0.15) is 17.5 Å². The van der Waals surface area contributed by atoms with E-state index in [0.717, 1.165) is 36.5 Å². The lowest BCUT2D eigenvalue weighted by molar-refractivity contribution is 0.184. The zero-order valence-electron chi connectivity index (χ0n) is 12.3. The molecule has 4 N–H and O–H groups in total. The average Bonchev–Trinajstić information content (AvgIpc) is 2.41. The molecule has 1 unspecified atom stereocenters. The fourth-order valence-corrected chi connectivity index (χ4v) is 1.84. The summed E-state index contributed by atoms with van der Waals surface area (Å²) in [6.07, 6.45) is 2.80. The molecule has 1 rings (SSSR count). The first kappa shape index (κ1) is 15.7. The van der Waals surface area contributed by atoms with Crippen LogP contribution in [0.3, 0.4) is 0 Å². The third-order valence-electron chi connectivity index (χ3n) is 3.00. The van der Waals surface area contributed by atoms with Crippen LogP contribution in [0.15, 0.2) is 0 Å². The highest BCUT2D eigenvalue weighted by Gasteiger charge is 2.13. The minimum atomic E-state index is 0.235. The molecular formula is C13H25N5O. The number of nitrogen functional groups attached to an aromatic ring is 1. The van der Waals surface area contributed by atoms with Crippen molar-refractivity contribution in [1.82, 2.24) is 9.97 Å². The Kier molecular flexibility index (Phi) is 6.52. The summed E-state index contributed by atoms with van der Waals surface area (Å²) < 4.78 is 5.20. The van der Waals surface area contributed by atoms with Gasteiger partial charge in [-0.05, 0) is 19.8 Å². The van der Waals surface area contributed by atoms with Crippen molar-refractivity contribution in [3.63, 3.8) is 0 Å². The second-order valence-corrected chi connectivity index (χ2v) is 4.56. The average molecular weight is 267 g/mol. The van der Waals surface area contributed by atoms with Crippen LogP contribution < -0.4 is 16.6 Å². The molecule has 1 aromatic rings. The van der Waals surface area contributed by atoms with Gasteiger partial charge in [0.05, 0.1) is 12.6 Å². The number of methoxy groups -OCH3 is 1. The maximum Gasteiger partial charge on any atom is 0.148 e. The van der Waals surface area contributed by atoms with Crippen molar-refractivity contribution in [2.75, 3.05) is 24.5 Å². The Morgan fingerprint density at radius 2 is 1.95 bits per heavy atom. The molecule has 0 radical (unpaired) electrons. The van der Waals surface area contributed by atoms with E-state index in [1.54, 1.807) is 7.11 Å². The predicted octanol–water partition coefficient (Wildman–Crippen LogP) is 1.86. The van der Waals surface area contributed by atoms with E-state index in [-0.39, 0.29) is 6.04 Å². The van der Waals surface area contributed by atoms with Gasteiger partial charge >= 0.3 is 0 Å². The van der Waals surface area contributed by atoms with Crippen LogP contribution in [0.1, 0.15) is 38.1 Å². The fraction of sp³-hybridized carbons (Fsp3) is 0.692. The molecule has 6 heteroatoms. The van der Waals surface area contributed by atoms with Gasteiger partial charge in [-0.15, -0.1) is 0 Å². The predicted molar refractivity (Wildman–Crippen MR) is 78.2 cm³/mol. The van der Waals surface area contributed by atoms with Crippen molar-refractivity contribution in [2.24, 2.45) is 5.84 Å². The van der Waals surface area contributed by atoms with Crippen molar-refractivity contribution >= 4 is 11.6 Å². The number of nitrogens with two attached hydrogens (primary N) is 1. The molecule has 0 saturated carbocycles. The maximum absolute atomic E-state index is 5.51. The van der Waals surface area contributed by atoms with E-state index < -0.39 is 0 Å². The minimum Gasteiger partial charge on any atom is -0.383 e. The lowest BCUT2D eigenvalue weighted by atomic mass is 10.2. The highest BCUT2D eigenvalue weighted by atomic mass is 16.5. The molecule has 0 aliphatic heterocycles. The largest absolute Gasteiger partial charge is 0.383 e. The van der Waals surface area contributed by atoms with Crippen LogP contribution in [-0.2, 0) is 11.2 Å². The monoisotopic (exact) mass is 267 g/mol. The zero-order valence-corrected chi connectivity index (χ0v) is 12.3. The Labute approximate surface area is 115 Å². The summed E-state index contributed by atoms with van der Waals surface area (Å²) in [5, 5.41) is 3.40. The maximum atomic E-state index is 5.51. The smallest absolute Gasteiger partial charge is 0.148 e. The SMILES string of the molecule is CCCc1nc(NN)c(C)c(NC(CC)COC)n1. The highest BCUT2D eigenvalue weighted by Crippen LogP contribution is 2.21. The van der Waals surface area contributed by atoms with Crippen LogP contribution in [0.2, 0.25) is 0 Å². The Morgan fingerprint density at radius 1 is 1.26 bits per heavy atom. The minimum absolute atomic E-state index is 0.235. The van der Waals surface area contributed by atoms with E-state index in [1.165, 1.54) is 0 Å². The molecule has 0 aliphatic carbocycles. The van der Waals surface area contributed by atoms with Crippen LogP contribution in [-0.4, -0.2) is 29.7 Å². The molecule has 1 aromatic heterocycles. The first-order valence-corrected chi connectivity index (χ1v) is 6.75. The Morgan fingerprint density at radius 3 is 2.47 bits per heavy atom. The normalized spacial score (nSPS) is 12.3. The first-order chi connectivity index (χ1) is 9.15. The summed E-state index contributed by atoms with van der Waals surface area (Å²) in [5.74, 6) is 7.82. The number of hydrogen-bond donors (Lipinski definition) is 3. The summed E-state index contributed by atoms with van der Waals surface area (Å²) in [4.78, 5) is 8.97. The number of ether oxygens (including phenoxy) is 1. The van der Waals surface area contributed by atoms with Crippen molar-refractivity contribution in [3.8, 4) is 0 Å². The Bertz CT molecular complexity index is 397. The number of nitrogens with one attached hydrogen (secondary N) is 2. The molecule has 0 fully saturated rings. The summed E-state index contributed by atoms with van der Waals surface area (Å²) in [5.41, 5.74) is 3.56. The van der Waals surface area contributed by atoms with E-state index in [1.807, 2.05) is 6.92 Å². The number of rotatable bonds is 8. The van der Waals surface area contributed by atoms with Gasteiger partial charge in [0.15, 0.2) is 0 Å². The van der Waals surface area contributed by atoms with Crippen LogP contribution in [0.5, 0.6) is 0 Å². The van der Waals surface area contributed by atoms with Crippen molar-refractivity contribution in [2.45, 2.75) is 46.1 Å². The summed E-state index contributed by atoms with van der Waals surface area (Å²) >= 11 is 0. The Balaban J connectivity index is 2.99. The lowest BCUT2D eigenvalue weighted by Gasteiger charge is -2.19. The van der Waals surface area contributed by atoms with Crippen LogP contribution in [0, 0.1) is 6.92 Å². The number of hydrazine groups is 1. The number of nitrogens with zero attached hydrogens (tertiary/aromatic N) is 2. The highest BCUT2D eigenvalue weighted by molar-refractivity contribution is 5.57. The Hall–Kier alpha value is -1.40. The third-order valence-corrected chi connectivity index (χ3v) is 3.00. The molecule has 108 valence electrons. The topological polar surface area (TPSA) is 85.1 Å². The van der Waals surface area contributed by atoms with Gasteiger partial charge in [-0.3, -0.25) is 0 Å². The third kappa shape index (κ3) is 4.33. The molecule has 0 bridgehead atoms. The van der Waals surface area contributed by atoms with Crippen molar-refractivity contribution in [3.05, 3.63) is 11.4 Å². The van der Waals surface area contributed by atoms with Crippen molar-refractivity contribution in [1.29, 1.82) is 0 Å². The first-order valence-electron chi connectivity index (χ1n) is 6.75. The van der Waals surface area contributed by atoms with Gasteiger partial charge < -0.3 is 15.5 Å².